The van der Waals surface area contributed by atoms with Gasteiger partial charge in [0.15, 0.2) is 5.78 Å². The molecule has 9 heteroatoms. The molecule has 1 aromatic rings. The average Bonchev–Trinajstić information content (AvgIpc) is 3.45. The van der Waals surface area contributed by atoms with Crippen molar-refractivity contribution in [3.8, 4) is 0 Å². The standard InChI is InChI=1S/C48H71ClN2O6/c1-30(2)43-38(54)25-48(41(56-32(4)53)28-51(24-23-50(9)10)27-33-11-13-34(49)14-12-33)22-18-37-35(44(43)48)15-16-40-46(7)21-19-39(57-42(55)26-45(5,6)29-52)31(3)36(46)17-20-47(37,40)8/h11-14,29-31,35-37,39-41H,15-28H2,1-10H3. The molecule has 0 spiro atoms. The van der Waals surface area contributed by atoms with E-state index in [1.807, 2.05) is 12.1 Å². The van der Waals surface area contributed by atoms with Crippen LogP contribution in [0.1, 0.15) is 125 Å². The Morgan fingerprint density at radius 1 is 0.965 bits per heavy atom. The van der Waals surface area contributed by atoms with Gasteiger partial charge in [-0.3, -0.25) is 19.3 Å². The minimum absolute atomic E-state index is 0.0970. The first-order valence-electron chi connectivity index (χ1n) is 22.0. The van der Waals surface area contributed by atoms with Crippen LogP contribution in [-0.2, 0) is 35.2 Å². The van der Waals surface area contributed by atoms with E-state index in [-0.39, 0.29) is 58.8 Å². The van der Waals surface area contributed by atoms with E-state index in [2.05, 4.69) is 70.6 Å². The molecule has 1 aromatic carbocycles. The lowest BCUT2D eigenvalue weighted by atomic mass is 9.38. The second-order valence-electron chi connectivity index (χ2n) is 20.7. The monoisotopic (exact) mass is 807 g/mol. The highest BCUT2D eigenvalue weighted by atomic mass is 35.5. The van der Waals surface area contributed by atoms with E-state index < -0.39 is 16.9 Å². The SMILES string of the molecule is CC(=O)OC(CN(CCN(C)C)Cc1ccc(Cl)cc1)C12CCC3C(CCC4C3(C)CCC3C(C)C(OC(=O)CC(C)(C)C=O)CCC34C)C1=C(C(C)C)C(=O)C2. The first-order valence-corrected chi connectivity index (χ1v) is 22.3. The smallest absolute Gasteiger partial charge is 0.307 e. The predicted octanol–water partition coefficient (Wildman–Crippen LogP) is 9.36. The third kappa shape index (κ3) is 8.58. The van der Waals surface area contributed by atoms with Crippen molar-refractivity contribution >= 4 is 35.6 Å². The van der Waals surface area contributed by atoms with E-state index in [4.69, 9.17) is 21.1 Å². The fourth-order valence-corrected chi connectivity index (χ4v) is 13.4. The Hall–Kier alpha value is -2.55. The molecule has 316 valence electrons. The summed E-state index contributed by atoms with van der Waals surface area (Å²) in [5, 5.41) is 0.706. The zero-order valence-electron chi connectivity index (χ0n) is 36.6. The molecule has 0 heterocycles. The van der Waals surface area contributed by atoms with Crippen molar-refractivity contribution in [1.29, 1.82) is 0 Å². The van der Waals surface area contributed by atoms with Crippen molar-refractivity contribution < 1.29 is 28.7 Å². The van der Waals surface area contributed by atoms with Gasteiger partial charge in [0.2, 0.25) is 0 Å². The van der Waals surface area contributed by atoms with E-state index in [0.29, 0.717) is 42.3 Å². The first-order chi connectivity index (χ1) is 26.7. The van der Waals surface area contributed by atoms with Crippen molar-refractivity contribution in [1.82, 2.24) is 9.80 Å². The molecule has 0 amide bonds. The number of aldehydes is 1. The zero-order chi connectivity index (χ0) is 41.7. The highest BCUT2D eigenvalue weighted by Crippen LogP contribution is 2.72. The molecule has 5 aliphatic rings. The van der Waals surface area contributed by atoms with Gasteiger partial charge in [0.05, 0.1) is 6.42 Å². The predicted molar refractivity (Wildman–Crippen MR) is 225 cm³/mol. The summed E-state index contributed by atoms with van der Waals surface area (Å²) in [4.78, 5) is 56.6. The van der Waals surface area contributed by atoms with Crippen LogP contribution in [0.2, 0.25) is 5.02 Å². The molecular formula is C48H71ClN2O6. The summed E-state index contributed by atoms with van der Waals surface area (Å²) in [6.45, 7) is 19.8. The van der Waals surface area contributed by atoms with E-state index >= 15 is 0 Å². The molecule has 8 nitrogen and oxygen atoms in total. The number of hydrogen-bond donors (Lipinski definition) is 0. The third-order valence-electron chi connectivity index (χ3n) is 15.9. The van der Waals surface area contributed by atoms with E-state index in [1.165, 1.54) is 12.5 Å². The number of Topliss-reactive ketones (excluding diaryl/α,β-unsaturated/α-hetero) is 1. The molecule has 10 unspecified atom stereocenters. The Morgan fingerprint density at radius 2 is 1.61 bits per heavy atom. The van der Waals surface area contributed by atoms with Crippen LogP contribution >= 0.6 is 11.6 Å². The Bertz CT molecular complexity index is 1700. The number of benzene rings is 1. The lowest BCUT2D eigenvalue weighted by Crippen LogP contribution is -2.61. The number of fused-ring (bicyclic) bond motifs is 7. The van der Waals surface area contributed by atoms with Gasteiger partial charge in [-0.05, 0) is 141 Å². The second kappa shape index (κ2) is 16.8. The summed E-state index contributed by atoms with van der Waals surface area (Å²) in [5.41, 5.74) is 2.50. The molecule has 6 rings (SSSR count). The van der Waals surface area contributed by atoms with Crippen LogP contribution in [0.5, 0.6) is 0 Å². The minimum Gasteiger partial charge on any atom is -0.462 e. The third-order valence-corrected chi connectivity index (χ3v) is 16.2. The Kier molecular flexibility index (Phi) is 13.0. The lowest BCUT2D eigenvalue weighted by Gasteiger charge is -2.67. The summed E-state index contributed by atoms with van der Waals surface area (Å²) in [6, 6.07) is 8.00. The van der Waals surface area contributed by atoms with Crippen LogP contribution in [0.15, 0.2) is 35.4 Å². The maximum Gasteiger partial charge on any atom is 0.307 e. The van der Waals surface area contributed by atoms with Gasteiger partial charge >= 0.3 is 11.9 Å². The second-order valence-corrected chi connectivity index (χ2v) is 21.2. The molecule has 0 bridgehead atoms. The Labute approximate surface area is 348 Å². The molecule has 0 saturated heterocycles. The number of ketones is 1. The van der Waals surface area contributed by atoms with Gasteiger partial charge < -0.3 is 19.2 Å². The molecule has 0 radical (unpaired) electrons. The zero-order valence-corrected chi connectivity index (χ0v) is 37.4. The number of ether oxygens (including phenoxy) is 2. The maximum absolute atomic E-state index is 14.4. The van der Waals surface area contributed by atoms with Gasteiger partial charge in [0, 0.05) is 55.4 Å². The molecule has 57 heavy (non-hydrogen) atoms. The number of carbonyl (C=O) groups excluding carboxylic acids is 4. The van der Waals surface area contributed by atoms with Crippen molar-refractivity contribution in [2.75, 3.05) is 33.7 Å². The van der Waals surface area contributed by atoms with Crippen LogP contribution in [0.4, 0.5) is 0 Å². The minimum atomic E-state index is -0.720. The molecule has 0 N–H and O–H groups in total. The summed E-state index contributed by atoms with van der Waals surface area (Å²) in [5.74, 6) is 1.77. The normalized spacial score (nSPS) is 34.4. The summed E-state index contributed by atoms with van der Waals surface area (Å²) >= 11 is 6.27. The van der Waals surface area contributed by atoms with Crippen molar-refractivity contribution in [3.63, 3.8) is 0 Å². The van der Waals surface area contributed by atoms with Crippen molar-refractivity contribution in [2.45, 2.75) is 138 Å². The van der Waals surface area contributed by atoms with Gasteiger partial charge in [-0.1, -0.05) is 72.2 Å². The quantitative estimate of drug-likeness (QED) is 0.136. The molecular weight excluding hydrogens is 736 g/mol. The molecule has 4 fully saturated rings. The first kappa shape index (κ1) is 44.0. The largest absolute Gasteiger partial charge is 0.462 e. The van der Waals surface area contributed by atoms with Crippen molar-refractivity contribution in [2.24, 2.45) is 57.2 Å². The van der Waals surface area contributed by atoms with Crippen molar-refractivity contribution in [3.05, 3.63) is 46.0 Å². The van der Waals surface area contributed by atoms with E-state index in [9.17, 15) is 19.2 Å². The molecule has 0 aliphatic heterocycles. The Morgan fingerprint density at radius 3 is 2.25 bits per heavy atom. The summed E-state index contributed by atoms with van der Waals surface area (Å²) in [6.07, 6.45) is 8.96. The number of hydrogen-bond acceptors (Lipinski definition) is 8. The fourth-order valence-electron chi connectivity index (χ4n) is 13.3. The molecule has 0 aromatic heterocycles. The van der Waals surface area contributed by atoms with Crippen LogP contribution in [0.3, 0.4) is 0 Å². The number of allylic oxidation sites excluding steroid dienone is 1. The fraction of sp³-hybridized carbons (Fsp3) is 0.750. The lowest BCUT2D eigenvalue weighted by molar-refractivity contribution is -0.193. The number of carbonyl (C=O) groups is 4. The highest BCUT2D eigenvalue weighted by molar-refractivity contribution is 6.30. The molecule has 5 aliphatic carbocycles. The number of likely N-dealkylation sites (N-methyl/N-ethyl adjacent to an activating group) is 1. The van der Waals surface area contributed by atoms with Gasteiger partial charge in [-0.25, -0.2) is 0 Å². The highest BCUT2D eigenvalue weighted by Gasteiger charge is 2.66. The van der Waals surface area contributed by atoms with Crippen LogP contribution in [0, 0.1) is 57.2 Å². The van der Waals surface area contributed by atoms with Gasteiger partial charge in [0.25, 0.3) is 0 Å². The van der Waals surface area contributed by atoms with Crippen LogP contribution in [0.25, 0.3) is 0 Å². The van der Waals surface area contributed by atoms with Crippen LogP contribution < -0.4 is 0 Å². The average molecular weight is 808 g/mol. The van der Waals surface area contributed by atoms with Gasteiger partial charge in [0.1, 0.15) is 18.5 Å². The summed E-state index contributed by atoms with van der Waals surface area (Å²) < 4.78 is 12.6. The molecule has 10 atom stereocenters. The number of halogens is 1. The van der Waals surface area contributed by atoms with Crippen LogP contribution in [-0.4, -0.2) is 79.7 Å². The maximum atomic E-state index is 14.4. The number of esters is 2. The topological polar surface area (TPSA) is 93.2 Å². The molecule has 4 saturated carbocycles. The number of nitrogens with zero attached hydrogens (tertiary/aromatic N) is 2. The Balaban J connectivity index is 1.30. The summed E-state index contributed by atoms with van der Waals surface area (Å²) in [7, 11) is 4.17. The van der Waals surface area contributed by atoms with Gasteiger partial charge in [-0.2, -0.15) is 0 Å². The van der Waals surface area contributed by atoms with E-state index in [1.54, 1.807) is 13.8 Å². The van der Waals surface area contributed by atoms with E-state index in [0.717, 1.165) is 81.9 Å². The van der Waals surface area contributed by atoms with Gasteiger partial charge in [-0.15, -0.1) is 0 Å². The number of rotatable bonds is 14.